The molecule has 1 heterocycles. The van der Waals surface area contributed by atoms with Crippen molar-refractivity contribution < 1.29 is 20.9 Å². The zero-order valence-corrected chi connectivity index (χ0v) is 6.39. The highest BCUT2D eigenvalue weighted by molar-refractivity contribution is 5.55. The lowest BCUT2D eigenvalue weighted by molar-refractivity contribution is -0.996. The molecule has 0 aliphatic rings. The van der Waals surface area contributed by atoms with Gasteiger partial charge in [-0.2, -0.15) is 10.5 Å². The summed E-state index contributed by atoms with van der Waals surface area (Å²) < 4.78 is 0. The average Bonchev–Trinajstić information content (AvgIpc) is 2.04. The Kier molecular flexibility index (Phi) is 2.72. The van der Waals surface area contributed by atoms with E-state index in [-0.39, 0.29) is 17.2 Å². The number of nitrogens with zero attached hydrogens (tertiary/aromatic N) is 1. The van der Waals surface area contributed by atoms with Crippen molar-refractivity contribution in [2.24, 2.45) is 0 Å². The smallest absolute Gasteiger partial charge is 0.212 e. The lowest BCUT2D eigenvalue weighted by atomic mass is 10.3. The van der Waals surface area contributed by atoms with E-state index in [1.54, 1.807) is 0 Å². The molecule has 0 amide bonds. The molecule has 0 aromatic carbocycles. The minimum absolute atomic E-state index is 0.197. The molecule has 72 valence electrons. The molecule has 0 fully saturated rings. The number of pyridine rings is 1. The molecule has 2 unspecified atom stereocenters. The molecule has 8 heteroatoms. The van der Waals surface area contributed by atoms with Gasteiger partial charge >= 0.3 is 0 Å². The van der Waals surface area contributed by atoms with Gasteiger partial charge in [0, 0.05) is 0 Å². The summed E-state index contributed by atoms with van der Waals surface area (Å²) in [6, 6.07) is 0.965. The van der Waals surface area contributed by atoms with Gasteiger partial charge in [0.1, 0.15) is 0 Å². The fraction of sp³-hybridized carbons (Fsp3) is 0. The zero-order valence-electron chi connectivity index (χ0n) is 6.39. The van der Waals surface area contributed by atoms with Gasteiger partial charge in [-0.1, -0.05) is 0 Å². The van der Waals surface area contributed by atoms with E-state index in [2.05, 4.69) is 4.98 Å². The van der Waals surface area contributed by atoms with Crippen LogP contribution in [-0.4, -0.2) is 15.4 Å². The first-order chi connectivity index (χ1) is 6.02. The maximum absolute atomic E-state index is 10.5. The van der Waals surface area contributed by atoms with Crippen LogP contribution in [0.25, 0.3) is 0 Å². The van der Waals surface area contributed by atoms with E-state index in [9.17, 15) is 10.4 Å². The Morgan fingerprint density at radius 3 is 2.38 bits per heavy atom. The zero-order chi connectivity index (χ0) is 10.0. The van der Waals surface area contributed by atoms with Crippen LogP contribution >= 0.6 is 0 Å². The second-order valence-corrected chi connectivity index (χ2v) is 2.27. The second-order valence-electron chi connectivity index (χ2n) is 2.27. The highest BCUT2D eigenvalue weighted by atomic mass is 16.8. The highest BCUT2D eigenvalue weighted by Crippen LogP contribution is 2.12. The number of hydrogen-bond acceptors (Lipinski definition) is 6. The highest BCUT2D eigenvalue weighted by Gasteiger charge is 2.12. The minimum atomic E-state index is -1.30. The SMILES string of the molecule is Nc1ncc([NH+]([O-])O)cc1[NH+]([O-])O. The Bertz CT molecular complexity index is 303. The van der Waals surface area contributed by atoms with Crippen LogP contribution in [0.2, 0.25) is 0 Å². The molecule has 6 N–H and O–H groups in total. The van der Waals surface area contributed by atoms with Crippen molar-refractivity contribution in [1.82, 2.24) is 4.98 Å². The maximum Gasteiger partial charge on any atom is 0.212 e. The molecule has 0 radical (unpaired) electrons. The van der Waals surface area contributed by atoms with Gasteiger partial charge in [-0.05, 0) is 0 Å². The van der Waals surface area contributed by atoms with E-state index in [4.69, 9.17) is 16.1 Å². The summed E-state index contributed by atoms with van der Waals surface area (Å²) in [4.78, 5) is 3.44. The summed E-state index contributed by atoms with van der Waals surface area (Å²) in [6.45, 7) is 0. The van der Waals surface area contributed by atoms with Gasteiger partial charge in [0.05, 0.1) is 12.3 Å². The predicted molar refractivity (Wildman–Crippen MR) is 40.2 cm³/mol. The first-order valence-electron chi connectivity index (χ1n) is 3.24. The number of rotatable bonds is 2. The summed E-state index contributed by atoms with van der Waals surface area (Å²) in [7, 11) is 0. The molecule has 0 bridgehead atoms. The van der Waals surface area contributed by atoms with Crippen molar-refractivity contribution in [2.75, 3.05) is 5.73 Å². The Morgan fingerprint density at radius 2 is 1.92 bits per heavy atom. The maximum atomic E-state index is 10.5. The Labute approximate surface area is 72.5 Å². The predicted octanol–water partition coefficient (Wildman–Crippen LogP) is -2.53. The summed E-state index contributed by atoms with van der Waals surface area (Å²) in [5, 5.41) is 35.4. The summed E-state index contributed by atoms with van der Waals surface area (Å²) >= 11 is 0. The van der Waals surface area contributed by atoms with Crippen LogP contribution in [0.1, 0.15) is 0 Å². The standard InChI is InChI=1S/C5H8N4O4/c6-5-4(9(12)13)1-3(2-7-5)8(10)11/h1-2,8-10,12H,(H2,6,7). The Balaban J connectivity index is 3.11. The number of aromatic nitrogens is 1. The topological polar surface area (TPSA) is 134 Å². The number of nitrogens with one attached hydrogen (secondary N) is 2. The fourth-order valence-corrected chi connectivity index (χ4v) is 0.764. The molecule has 13 heavy (non-hydrogen) atoms. The van der Waals surface area contributed by atoms with Crippen LogP contribution in [0.3, 0.4) is 0 Å². The van der Waals surface area contributed by atoms with Gasteiger partial charge < -0.3 is 16.1 Å². The van der Waals surface area contributed by atoms with E-state index < -0.39 is 10.5 Å². The molecule has 1 aromatic rings. The van der Waals surface area contributed by atoms with Crippen molar-refractivity contribution in [3.05, 3.63) is 22.7 Å². The lowest BCUT2D eigenvalue weighted by Gasteiger charge is -2.15. The van der Waals surface area contributed by atoms with Crippen molar-refractivity contribution in [2.45, 2.75) is 0 Å². The number of nitrogen functional groups attached to an aromatic ring is 1. The first-order valence-corrected chi connectivity index (χ1v) is 3.24. The molecule has 0 saturated carbocycles. The van der Waals surface area contributed by atoms with Crippen LogP contribution in [0, 0.1) is 10.4 Å². The van der Waals surface area contributed by atoms with E-state index in [0.29, 0.717) is 0 Å². The largest absolute Gasteiger partial charge is 0.595 e. The van der Waals surface area contributed by atoms with Gasteiger partial charge in [-0.15, -0.1) is 0 Å². The monoisotopic (exact) mass is 188 g/mol. The van der Waals surface area contributed by atoms with Crippen LogP contribution in [-0.2, 0) is 0 Å². The number of hydrogen-bond donors (Lipinski definition) is 5. The summed E-state index contributed by atoms with van der Waals surface area (Å²) in [6.07, 6.45) is 1.00. The first kappa shape index (κ1) is 9.80. The van der Waals surface area contributed by atoms with Crippen molar-refractivity contribution in [3.8, 4) is 0 Å². The molecular weight excluding hydrogens is 180 g/mol. The van der Waals surface area contributed by atoms with Crippen LogP contribution in [0.5, 0.6) is 0 Å². The van der Waals surface area contributed by atoms with Crippen LogP contribution in [0.15, 0.2) is 12.3 Å². The van der Waals surface area contributed by atoms with Gasteiger partial charge in [0.2, 0.25) is 5.69 Å². The van der Waals surface area contributed by atoms with Crippen molar-refractivity contribution in [1.29, 1.82) is 0 Å². The molecule has 0 spiro atoms. The molecule has 8 nitrogen and oxygen atoms in total. The van der Waals surface area contributed by atoms with Crippen molar-refractivity contribution >= 4 is 17.2 Å². The lowest BCUT2D eigenvalue weighted by Crippen LogP contribution is -3.01. The fourth-order valence-electron chi connectivity index (χ4n) is 0.764. The van der Waals surface area contributed by atoms with Gasteiger partial charge in [-0.25, -0.2) is 15.4 Å². The molecule has 0 aliphatic carbocycles. The average molecular weight is 188 g/mol. The van der Waals surface area contributed by atoms with E-state index in [1.807, 2.05) is 0 Å². The van der Waals surface area contributed by atoms with E-state index in [1.165, 1.54) is 0 Å². The van der Waals surface area contributed by atoms with Crippen LogP contribution in [0.4, 0.5) is 17.2 Å². The van der Waals surface area contributed by atoms with E-state index >= 15 is 0 Å². The molecule has 2 atom stereocenters. The van der Waals surface area contributed by atoms with Gasteiger partial charge in [-0.3, -0.25) is 0 Å². The summed E-state index contributed by atoms with van der Waals surface area (Å²) in [5.74, 6) is -0.197. The molecule has 1 rings (SSSR count). The molecule has 1 aromatic heterocycles. The Hall–Kier alpha value is -1.29. The molecular formula is C5H8N4O4. The second kappa shape index (κ2) is 3.62. The summed E-state index contributed by atoms with van der Waals surface area (Å²) in [5.41, 5.74) is 4.70. The number of nitrogens with two attached hydrogens (primary N) is 1. The number of anilines is 1. The third-order valence-corrected chi connectivity index (χ3v) is 1.40. The van der Waals surface area contributed by atoms with Crippen LogP contribution < -0.4 is 16.2 Å². The van der Waals surface area contributed by atoms with E-state index in [0.717, 1.165) is 12.3 Å². The Morgan fingerprint density at radius 1 is 1.31 bits per heavy atom. The van der Waals surface area contributed by atoms with Gasteiger partial charge in [0.15, 0.2) is 11.5 Å². The quantitative estimate of drug-likeness (QED) is 0.325. The third-order valence-electron chi connectivity index (χ3n) is 1.40. The normalized spacial score (nSPS) is 15.4. The number of quaternary nitrogens is 2. The third kappa shape index (κ3) is 2.09. The minimum Gasteiger partial charge on any atom is -0.595 e. The van der Waals surface area contributed by atoms with Crippen molar-refractivity contribution in [3.63, 3.8) is 0 Å². The molecule has 0 aliphatic heterocycles. The molecule has 0 saturated heterocycles. The van der Waals surface area contributed by atoms with Gasteiger partial charge in [0.25, 0.3) is 0 Å².